The molecule has 0 spiro atoms. The maximum atomic E-state index is 11.5. The molecule has 0 saturated heterocycles. The second-order valence-electron chi connectivity index (χ2n) is 6.66. The lowest BCUT2D eigenvalue weighted by Crippen LogP contribution is -2.10. The van der Waals surface area contributed by atoms with Gasteiger partial charge < -0.3 is 16.0 Å². The Morgan fingerprint density at radius 1 is 1.26 bits per heavy atom. The average Bonchev–Trinajstić information content (AvgIpc) is 3.12. The highest BCUT2D eigenvalue weighted by Crippen LogP contribution is 2.40. The molecule has 1 aromatic carbocycles. The normalized spacial score (nSPS) is 11.7. The highest BCUT2D eigenvalue weighted by molar-refractivity contribution is 6.39. The van der Waals surface area contributed by atoms with E-state index in [2.05, 4.69) is 9.97 Å². The van der Waals surface area contributed by atoms with Gasteiger partial charge >= 0.3 is 0 Å². The van der Waals surface area contributed by atoms with Crippen LogP contribution < -0.4 is 11.5 Å². The van der Waals surface area contributed by atoms with Gasteiger partial charge in [0.05, 0.1) is 21.6 Å². The predicted molar refractivity (Wildman–Crippen MR) is 106 cm³/mol. The van der Waals surface area contributed by atoms with Crippen molar-refractivity contribution in [2.24, 2.45) is 12.8 Å². The number of nitrogens with two attached hydrogens (primary N) is 2. The first-order valence-corrected chi connectivity index (χ1v) is 8.75. The number of nitrogens with zero attached hydrogens (tertiary/aromatic N) is 5. The number of carbonyl (C=O) groups is 1. The SMILES string of the molecule is CC(C)n1nc(-c2c(Cl)c3ccc(C(N)=O)cc3n2C)c2c(N)ncnc21. The molecule has 3 aromatic heterocycles. The number of primary amides is 1. The first-order chi connectivity index (χ1) is 12.8. The second-order valence-corrected chi connectivity index (χ2v) is 7.04. The Balaban J connectivity index is 2.10. The summed E-state index contributed by atoms with van der Waals surface area (Å²) in [6.07, 6.45) is 1.42. The number of hydrogen-bond donors (Lipinski definition) is 2. The third kappa shape index (κ3) is 2.44. The van der Waals surface area contributed by atoms with Crippen molar-refractivity contribution in [2.45, 2.75) is 19.9 Å². The monoisotopic (exact) mass is 383 g/mol. The molecule has 9 heteroatoms. The van der Waals surface area contributed by atoms with E-state index in [9.17, 15) is 4.79 Å². The number of nitrogen functional groups attached to an aromatic ring is 1. The third-order valence-corrected chi connectivity index (χ3v) is 5.04. The topological polar surface area (TPSA) is 118 Å². The molecule has 0 aliphatic carbocycles. The molecular weight excluding hydrogens is 366 g/mol. The molecule has 0 aliphatic rings. The number of halogens is 1. The fraction of sp³-hybridized carbons (Fsp3) is 0.222. The minimum absolute atomic E-state index is 0.0745. The molecule has 0 saturated carbocycles. The van der Waals surface area contributed by atoms with Crippen LogP contribution in [0, 0.1) is 0 Å². The maximum absolute atomic E-state index is 11.5. The molecule has 4 rings (SSSR count). The van der Waals surface area contributed by atoms with Crippen LogP contribution in [0.5, 0.6) is 0 Å². The second kappa shape index (κ2) is 5.95. The predicted octanol–water partition coefficient (Wildman–Crippen LogP) is 2.90. The zero-order chi connectivity index (χ0) is 19.5. The number of rotatable bonds is 3. The number of fused-ring (bicyclic) bond motifs is 2. The van der Waals surface area contributed by atoms with Crippen LogP contribution in [0.4, 0.5) is 5.82 Å². The largest absolute Gasteiger partial charge is 0.383 e. The summed E-state index contributed by atoms with van der Waals surface area (Å²) in [5, 5.41) is 6.69. The number of amides is 1. The molecule has 0 atom stereocenters. The fourth-order valence-corrected chi connectivity index (χ4v) is 3.70. The van der Waals surface area contributed by atoms with Crippen molar-refractivity contribution >= 4 is 45.3 Å². The van der Waals surface area contributed by atoms with Gasteiger partial charge in [-0.15, -0.1) is 0 Å². The van der Waals surface area contributed by atoms with Gasteiger partial charge in [0.2, 0.25) is 5.91 Å². The molecule has 1 amide bonds. The molecule has 4 aromatic rings. The van der Waals surface area contributed by atoms with Gasteiger partial charge in [0.1, 0.15) is 17.8 Å². The molecule has 27 heavy (non-hydrogen) atoms. The first-order valence-electron chi connectivity index (χ1n) is 8.38. The van der Waals surface area contributed by atoms with Crippen molar-refractivity contribution in [2.75, 3.05) is 5.73 Å². The van der Waals surface area contributed by atoms with E-state index in [0.717, 1.165) is 10.9 Å². The zero-order valence-corrected chi connectivity index (χ0v) is 15.8. The lowest BCUT2D eigenvalue weighted by molar-refractivity contribution is 0.100. The van der Waals surface area contributed by atoms with E-state index in [1.165, 1.54) is 6.33 Å². The lowest BCUT2D eigenvalue weighted by atomic mass is 10.1. The average molecular weight is 384 g/mol. The highest BCUT2D eigenvalue weighted by Gasteiger charge is 2.24. The van der Waals surface area contributed by atoms with Crippen LogP contribution in [0.25, 0.3) is 33.3 Å². The standard InChI is InChI=1S/C18H18ClN7O/c1-8(2)26-18-12(16(20)22-7-23-18)14(24-26)15-13(19)10-5-4-9(17(21)27)6-11(10)25(15)3/h4-8H,1-3H3,(H2,21,27)(H2,20,22,23). The summed E-state index contributed by atoms with van der Waals surface area (Å²) in [6, 6.07) is 5.23. The van der Waals surface area contributed by atoms with Gasteiger partial charge in [0.15, 0.2) is 5.65 Å². The van der Waals surface area contributed by atoms with Crippen LogP contribution in [-0.2, 0) is 7.05 Å². The quantitative estimate of drug-likeness (QED) is 0.564. The number of hydrogen-bond acceptors (Lipinski definition) is 5. The summed E-state index contributed by atoms with van der Waals surface area (Å²) in [7, 11) is 1.86. The fourth-order valence-electron chi connectivity index (χ4n) is 3.33. The Morgan fingerprint density at radius 3 is 2.67 bits per heavy atom. The van der Waals surface area contributed by atoms with Gasteiger partial charge in [-0.3, -0.25) is 4.79 Å². The van der Waals surface area contributed by atoms with Gasteiger partial charge in [0, 0.05) is 24.0 Å². The molecular formula is C18H18ClN7O. The lowest BCUT2D eigenvalue weighted by Gasteiger charge is -2.05. The summed E-state index contributed by atoms with van der Waals surface area (Å²) in [5.74, 6) is -0.163. The van der Waals surface area contributed by atoms with E-state index in [1.807, 2.05) is 25.5 Å². The van der Waals surface area contributed by atoms with Gasteiger partial charge in [0.25, 0.3) is 0 Å². The summed E-state index contributed by atoms with van der Waals surface area (Å²) >= 11 is 6.70. The van der Waals surface area contributed by atoms with Crippen LogP contribution in [0.15, 0.2) is 24.5 Å². The molecule has 8 nitrogen and oxygen atoms in total. The number of aryl methyl sites for hydroxylation is 1. The zero-order valence-electron chi connectivity index (χ0n) is 15.1. The number of anilines is 1. The summed E-state index contributed by atoms with van der Waals surface area (Å²) in [6.45, 7) is 4.02. The van der Waals surface area contributed by atoms with E-state index in [1.54, 1.807) is 22.9 Å². The molecule has 0 fully saturated rings. The maximum Gasteiger partial charge on any atom is 0.248 e. The summed E-state index contributed by atoms with van der Waals surface area (Å²) < 4.78 is 3.68. The number of benzene rings is 1. The molecule has 0 bridgehead atoms. The minimum Gasteiger partial charge on any atom is -0.383 e. The van der Waals surface area contributed by atoms with Crippen LogP contribution in [0.1, 0.15) is 30.2 Å². The van der Waals surface area contributed by atoms with Gasteiger partial charge in [-0.05, 0) is 26.0 Å². The molecule has 0 aliphatic heterocycles. The number of carbonyl (C=O) groups excluding carboxylic acids is 1. The van der Waals surface area contributed by atoms with Crippen molar-refractivity contribution in [1.29, 1.82) is 0 Å². The number of aromatic nitrogens is 5. The van der Waals surface area contributed by atoms with E-state index in [4.69, 9.17) is 28.2 Å². The molecule has 4 N–H and O–H groups in total. The highest BCUT2D eigenvalue weighted by atomic mass is 35.5. The van der Waals surface area contributed by atoms with E-state index in [0.29, 0.717) is 38.8 Å². The van der Waals surface area contributed by atoms with E-state index >= 15 is 0 Å². The minimum atomic E-state index is -0.497. The first kappa shape index (κ1) is 17.3. The van der Waals surface area contributed by atoms with Gasteiger partial charge in [-0.2, -0.15) is 5.10 Å². The van der Waals surface area contributed by atoms with Crippen LogP contribution in [0.3, 0.4) is 0 Å². The van der Waals surface area contributed by atoms with E-state index in [-0.39, 0.29) is 6.04 Å². The summed E-state index contributed by atoms with van der Waals surface area (Å²) in [4.78, 5) is 20.0. The third-order valence-electron chi connectivity index (χ3n) is 4.65. The van der Waals surface area contributed by atoms with Crippen molar-refractivity contribution in [3.8, 4) is 11.4 Å². The van der Waals surface area contributed by atoms with Gasteiger partial charge in [-0.1, -0.05) is 17.7 Å². The molecule has 0 radical (unpaired) electrons. The molecule has 3 heterocycles. The van der Waals surface area contributed by atoms with Crippen molar-refractivity contribution in [1.82, 2.24) is 24.3 Å². The van der Waals surface area contributed by atoms with Gasteiger partial charge in [-0.25, -0.2) is 14.6 Å². The Labute approximate surface area is 159 Å². The van der Waals surface area contributed by atoms with Crippen LogP contribution >= 0.6 is 11.6 Å². The van der Waals surface area contributed by atoms with E-state index < -0.39 is 5.91 Å². The Bertz CT molecular complexity index is 1220. The Morgan fingerprint density at radius 2 is 2.00 bits per heavy atom. The van der Waals surface area contributed by atoms with Crippen molar-refractivity contribution in [3.63, 3.8) is 0 Å². The molecule has 0 unspecified atom stereocenters. The Hall–Kier alpha value is -3.13. The van der Waals surface area contributed by atoms with Crippen LogP contribution in [0.2, 0.25) is 5.02 Å². The molecule has 138 valence electrons. The van der Waals surface area contributed by atoms with Crippen molar-refractivity contribution in [3.05, 3.63) is 35.1 Å². The van der Waals surface area contributed by atoms with Crippen LogP contribution in [-0.4, -0.2) is 30.2 Å². The smallest absolute Gasteiger partial charge is 0.248 e. The Kier molecular flexibility index (Phi) is 3.81. The summed E-state index contributed by atoms with van der Waals surface area (Å²) in [5.41, 5.74) is 14.7. The van der Waals surface area contributed by atoms with Crippen molar-refractivity contribution < 1.29 is 4.79 Å².